The molecule has 1 aliphatic rings. The third-order valence-electron chi connectivity index (χ3n) is 4.61. The Balaban J connectivity index is 1.57. The van der Waals surface area contributed by atoms with Crippen molar-refractivity contribution in [2.24, 2.45) is 0 Å². The number of piperazine rings is 1. The van der Waals surface area contributed by atoms with Gasteiger partial charge in [0.1, 0.15) is 11.5 Å². The maximum atomic E-state index is 12.8. The standard InChI is InChI=1S/C21H26N2O3/c1-25-20-11-6-5-10-18(20)19-16-22-13-14-23(19)21(24)12-7-15-26-17-8-3-2-4-9-17/h2-6,8-11,19,22H,7,12-16H2,1H3. The molecule has 138 valence electrons. The molecule has 5 nitrogen and oxygen atoms in total. The zero-order chi connectivity index (χ0) is 18.2. The van der Waals surface area contributed by atoms with Crippen molar-refractivity contribution in [2.45, 2.75) is 18.9 Å². The van der Waals surface area contributed by atoms with Crippen molar-refractivity contribution in [3.63, 3.8) is 0 Å². The van der Waals surface area contributed by atoms with Gasteiger partial charge in [-0.2, -0.15) is 0 Å². The molecule has 0 saturated carbocycles. The first-order chi connectivity index (χ1) is 12.8. The summed E-state index contributed by atoms with van der Waals surface area (Å²) in [6.45, 7) is 2.81. The van der Waals surface area contributed by atoms with Gasteiger partial charge in [0.05, 0.1) is 19.8 Å². The Bertz CT molecular complexity index is 705. The van der Waals surface area contributed by atoms with Gasteiger partial charge in [-0.1, -0.05) is 36.4 Å². The molecule has 0 spiro atoms. The molecular formula is C21H26N2O3. The van der Waals surface area contributed by atoms with E-state index in [4.69, 9.17) is 9.47 Å². The maximum Gasteiger partial charge on any atom is 0.223 e. The lowest BCUT2D eigenvalue weighted by molar-refractivity contribution is -0.134. The molecule has 0 aromatic heterocycles. The fraction of sp³-hybridized carbons (Fsp3) is 0.381. The quantitative estimate of drug-likeness (QED) is 0.777. The van der Waals surface area contributed by atoms with E-state index in [2.05, 4.69) is 5.32 Å². The second-order valence-corrected chi connectivity index (χ2v) is 6.31. The smallest absolute Gasteiger partial charge is 0.223 e. The first kappa shape index (κ1) is 18.3. The van der Waals surface area contributed by atoms with Crippen LogP contribution < -0.4 is 14.8 Å². The molecule has 2 aromatic rings. The Kier molecular flexibility index (Phi) is 6.50. The molecule has 1 saturated heterocycles. The summed E-state index contributed by atoms with van der Waals surface area (Å²) in [7, 11) is 1.67. The Morgan fingerprint density at radius 1 is 1.15 bits per heavy atom. The van der Waals surface area contributed by atoms with E-state index in [1.165, 1.54) is 0 Å². The third-order valence-corrected chi connectivity index (χ3v) is 4.61. The van der Waals surface area contributed by atoms with Crippen molar-refractivity contribution >= 4 is 5.91 Å². The molecule has 5 heteroatoms. The Hall–Kier alpha value is -2.53. The Morgan fingerprint density at radius 3 is 2.73 bits per heavy atom. The van der Waals surface area contributed by atoms with Gasteiger partial charge in [-0.05, 0) is 24.6 Å². The normalized spacial score (nSPS) is 17.0. The highest BCUT2D eigenvalue weighted by atomic mass is 16.5. The van der Waals surface area contributed by atoms with Crippen LogP contribution in [0.15, 0.2) is 54.6 Å². The SMILES string of the molecule is COc1ccccc1C1CNCCN1C(=O)CCCOc1ccccc1. The number of para-hydroxylation sites is 2. The van der Waals surface area contributed by atoms with Gasteiger partial charge in [-0.15, -0.1) is 0 Å². The molecule has 1 fully saturated rings. The summed E-state index contributed by atoms with van der Waals surface area (Å²) in [5.41, 5.74) is 1.05. The fourth-order valence-corrected chi connectivity index (χ4v) is 3.30. The van der Waals surface area contributed by atoms with E-state index in [1.54, 1.807) is 7.11 Å². The average molecular weight is 354 g/mol. The highest BCUT2D eigenvalue weighted by molar-refractivity contribution is 5.77. The van der Waals surface area contributed by atoms with Crippen LogP contribution in [-0.2, 0) is 4.79 Å². The molecule has 1 unspecified atom stereocenters. The van der Waals surface area contributed by atoms with Crippen molar-refractivity contribution in [3.8, 4) is 11.5 Å². The summed E-state index contributed by atoms with van der Waals surface area (Å²) in [4.78, 5) is 14.8. The van der Waals surface area contributed by atoms with E-state index < -0.39 is 0 Å². The fourth-order valence-electron chi connectivity index (χ4n) is 3.30. The van der Waals surface area contributed by atoms with Gasteiger partial charge < -0.3 is 19.7 Å². The van der Waals surface area contributed by atoms with E-state index in [-0.39, 0.29) is 11.9 Å². The molecule has 0 aliphatic carbocycles. The topological polar surface area (TPSA) is 50.8 Å². The van der Waals surface area contributed by atoms with Gasteiger partial charge in [0.25, 0.3) is 0 Å². The number of ether oxygens (including phenoxy) is 2. The monoisotopic (exact) mass is 354 g/mol. The predicted molar refractivity (Wildman–Crippen MR) is 101 cm³/mol. The summed E-state index contributed by atoms with van der Waals surface area (Å²) >= 11 is 0. The van der Waals surface area contributed by atoms with E-state index >= 15 is 0 Å². The molecule has 26 heavy (non-hydrogen) atoms. The number of nitrogens with zero attached hydrogens (tertiary/aromatic N) is 1. The minimum atomic E-state index is 0.00226. The zero-order valence-corrected chi connectivity index (χ0v) is 15.2. The summed E-state index contributed by atoms with van der Waals surface area (Å²) in [6.07, 6.45) is 1.19. The van der Waals surface area contributed by atoms with Gasteiger partial charge in [-0.3, -0.25) is 4.79 Å². The van der Waals surface area contributed by atoms with E-state index in [0.717, 1.165) is 30.2 Å². The zero-order valence-electron chi connectivity index (χ0n) is 15.2. The number of carbonyl (C=O) groups excluding carboxylic acids is 1. The van der Waals surface area contributed by atoms with Crippen molar-refractivity contribution < 1.29 is 14.3 Å². The molecule has 1 atom stereocenters. The Morgan fingerprint density at radius 2 is 1.92 bits per heavy atom. The lowest BCUT2D eigenvalue weighted by Gasteiger charge is -2.37. The number of nitrogens with one attached hydrogen (secondary N) is 1. The second kappa shape index (κ2) is 9.25. The lowest BCUT2D eigenvalue weighted by atomic mass is 10.0. The second-order valence-electron chi connectivity index (χ2n) is 6.31. The maximum absolute atomic E-state index is 12.8. The molecule has 3 rings (SSSR count). The third kappa shape index (κ3) is 4.55. The van der Waals surface area contributed by atoms with E-state index in [0.29, 0.717) is 26.0 Å². The molecule has 0 bridgehead atoms. The summed E-state index contributed by atoms with van der Waals surface area (Å²) in [5.74, 6) is 1.83. The van der Waals surface area contributed by atoms with Gasteiger partial charge in [0, 0.05) is 31.6 Å². The van der Waals surface area contributed by atoms with Gasteiger partial charge in [0.2, 0.25) is 5.91 Å². The molecule has 1 heterocycles. The highest BCUT2D eigenvalue weighted by Crippen LogP contribution is 2.30. The minimum Gasteiger partial charge on any atom is -0.496 e. The lowest BCUT2D eigenvalue weighted by Crippen LogP contribution is -2.48. The number of hydrogen-bond acceptors (Lipinski definition) is 4. The first-order valence-electron chi connectivity index (χ1n) is 9.10. The Labute approximate surface area is 154 Å². The molecule has 0 radical (unpaired) electrons. The number of benzene rings is 2. The molecule has 2 aromatic carbocycles. The van der Waals surface area contributed by atoms with Crippen molar-refractivity contribution in [1.82, 2.24) is 10.2 Å². The van der Waals surface area contributed by atoms with Crippen LogP contribution in [0.4, 0.5) is 0 Å². The van der Waals surface area contributed by atoms with Crippen LogP contribution in [0.25, 0.3) is 0 Å². The van der Waals surface area contributed by atoms with Crippen molar-refractivity contribution in [2.75, 3.05) is 33.4 Å². The van der Waals surface area contributed by atoms with Gasteiger partial charge in [-0.25, -0.2) is 0 Å². The van der Waals surface area contributed by atoms with Crippen LogP contribution in [0.3, 0.4) is 0 Å². The molecule has 1 aliphatic heterocycles. The van der Waals surface area contributed by atoms with Gasteiger partial charge in [0.15, 0.2) is 0 Å². The summed E-state index contributed by atoms with van der Waals surface area (Å²) < 4.78 is 11.2. The minimum absolute atomic E-state index is 0.00226. The molecule has 1 N–H and O–H groups in total. The summed E-state index contributed by atoms with van der Waals surface area (Å²) in [5, 5.41) is 3.38. The predicted octanol–water partition coefficient (Wildman–Crippen LogP) is 3.03. The number of carbonyl (C=O) groups is 1. The van der Waals surface area contributed by atoms with Gasteiger partial charge >= 0.3 is 0 Å². The molecular weight excluding hydrogens is 328 g/mol. The van der Waals surface area contributed by atoms with Crippen LogP contribution in [0.1, 0.15) is 24.4 Å². The van der Waals surface area contributed by atoms with Crippen LogP contribution in [-0.4, -0.2) is 44.2 Å². The molecule has 1 amide bonds. The van der Waals surface area contributed by atoms with E-state index in [1.807, 2.05) is 59.5 Å². The van der Waals surface area contributed by atoms with Crippen LogP contribution in [0, 0.1) is 0 Å². The number of amides is 1. The van der Waals surface area contributed by atoms with Crippen LogP contribution in [0.5, 0.6) is 11.5 Å². The number of hydrogen-bond donors (Lipinski definition) is 1. The van der Waals surface area contributed by atoms with Crippen LogP contribution in [0.2, 0.25) is 0 Å². The number of methoxy groups -OCH3 is 1. The van der Waals surface area contributed by atoms with Crippen LogP contribution >= 0.6 is 0 Å². The first-order valence-corrected chi connectivity index (χ1v) is 9.10. The van der Waals surface area contributed by atoms with Crippen molar-refractivity contribution in [1.29, 1.82) is 0 Å². The van der Waals surface area contributed by atoms with Crippen molar-refractivity contribution in [3.05, 3.63) is 60.2 Å². The largest absolute Gasteiger partial charge is 0.496 e. The number of rotatable bonds is 7. The summed E-state index contributed by atoms with van der Waals surface area (Å²) in [6, 6.07) is 17.6. The average Bonchev–Trinajstić information content (AvgIpc) is 2.72. The van der Waals surface area contributed by atoms with E-state index in [9.17, 15) is 4.79 Å². The highest BCUT2D eigenvalue weighted by Gasteiger charge is 2.29.